The lowest BCUT2D eigenvalue weighted by molar-refractivity contribution is -0.124. The number of carbonyl (C=O) groups is 1. The highest BCUT2D eigenvalue weighted by Crippen LogP contribution is 2.28. The van der Waals surface area contributed by atoms with Gasteiger partial charge in [-0.25, -0.2) is 13.4 Å². The zero-order valence-electron chi connectivity index (χ0n) is 12.7. The van der Waals surface area contributed by atoms with Crippen molar-refractivity contribution < 1.29 is 13.2 Å². The van der Waals surface area contributed by atoms with Crippen LogP contribution in [0.25, 0.3) is 0 Å². The Bertz CT molecular complexity index is 783. The molecule has 1 unspecified atom stereocenters. The molecular formula is C14H18N4O3S2. The molecule has 124 valence electrons. The molecule has 0 bridgehead atoms. The second-order valence-electron chi connectivity index (χ2n) is 5.38. The molecule has 0 aromatic carbocycles. The van der Waals surface area contributed by atoms with Crippen molar-refractivity contribution in [1.82, 2.24) is 19.2 Å². The topological polar surface area (TPSA) is 84.3 Å². The molecule has 0 aliphatic carbocycles. The van der Waals surface area contributed by atoms with Gasteiger partial charge in [0.15, 0.2) is 0 Å². The van der Waals surface area contributed by atoms with Crippen LogP contribution in [0.4, 0.5) is 0 Å². The first-order valence-corrected chi connectivity index (χ1v) is 9.61. The van der Waals surface area contributed by atoms with Crippen molar-refractivity contribution in [2.45, 2.75) is 29.6 Å². The number of imidazole rings is 1. The van der Waals surface area contributed by atoms with Crippen molar-refractivity contribution in [2.24, 2.45) is 7.05 Å². The van der Waals surface area contributed by atoms with Crippen molar-refractivity contribution in [1.29, 1.82) is 0 Å². The van der Waals surface area contributed by atoms with E-state index in [-0.39, 0.29) is 16.7 Å². The standard InChI is InChI=1S/C14H18N4O3S2/c1-17-8-6-15-12(17)10-16-14(19)11-4-2-7-18(11)23(20,21)13-5-3-9-22-13/h3,5-6,8-9,11H,2,4,7,10H2,1H3,(H,16,19). The quantitative estimate of drug-likeness (QED) is 0.866. The molecule has 3 rings (SSSR count). The molecule has 3 heterocycles. The lowest BCUT2D eigenvalue weighted by Crippen LogP contribution is -2.45. The predicted octanol–water partition coefficient (Wildman–Crippen LogP) is 0.951. The van der Waals surface area contributed by atoms with Gasteiger partial charge in [-0.05, 0) is 24.3 Å². The van der Waals surface area contributed by atoms with Gasteiger partial charge < -0.3 is 9.88 Å². The third kappa shape index (κ3) is 3.17. The van der Waals surface area contributed by atoms with Gasteiger partial charge in [0.1, 0.15) is 16.1 Å². The Hall–Kier alpha value is -1.71. The van der Waals surface area contributed by atoms with Crippen molar-refractivity contribution in [2.75, 3.05) is 6.54 Å². The Balaban J connectivity index is 1.71. The second kappa shape index (κ2) is 6.42. The van der Waals surface area contributed by atoms with Crippen LogP contribution in [0, 0.1) is 0 Å². The van der Waals surface area contributed by atoms with Crippen LogP contribution in [0.15, 0.2) is 34.1 Å². The van der Waals surface area contributed by atoms with E-state index in [0.717, 1.165) is 5.82 Å². The van der Waals surface area contributed by atoms with Gasteiger partial charge in [0.25, 0.3) is 10.0 Å². The molecule has 0 spiro atoms. The van der Waals surface area contributed by atoms with E-state index < -0.39 is 16.1 Å². The molecule has 2 aromatic heterocycles. The fraction of sp³-hybridized carbons (Fsp3) is 0.429. The number of carbonyl (C=O) groups excluding carboxylic acids is 1. The highest BCUT2D eigenvalue weighted by atomic mass is 32.2. The molecule has 1 aliphatic rings. The maximum Gasteiger partial charge on any atom is 0.253 e. The summed E-state index contributed by atoms with van der Waals surface area (Å²) in [5.41, 5.74) is 0. The van der Waals surface area contributed by atoms with Crippen LogP contribution < -0.4 is 5.32 Å². The zero-order chi connectivity index (χ0) is 16.4. The largest absolute Gasteiger partial charge is 0.347 e. The first-order valence-electron chi connectivity index (χ1n) is 7.29. The molecule has 1 saturated heterocycles. The molecular weight excluding hydrogens is 336 g/mol. The summed E-state index contributed by atoms with van der Waals surface area (Å²) in [5.74, 6) is 0.453. The summed E-state index contributed by atoms with van der Waals surface area (Å²) in [6.45, 7) is 0.659. The smallest absolute Gasteiger partial charge is 0.253 e. The molecule has 23 heavy (non-hydrogen) atoms. The highest BCUT2D eigenvalue weighted by Gasteiger charge is 2.39. The first-order chi connectivity index (χ1) is 11.0. The molecule has 1 aliphatic heterocycles. The summed E-state index contributed by atoms with van der Waals surface area (Å²) in [6, 6.07) is 2.62. The Morgan fingerprint density at radius 3 is 3.00 bits per heavy atom. The van der Waals surface area contributed by atoms with E-state index in [0.29, 0.717) is 19.4 Å². The molecule has 2 aromatic rings. The lowest BCUT2D eigenvalue weighted by atomic mass is 10.2. The number of aryl methyl sites for hydroxylation is 1. The number of hydrogen-bond acceptors (Lipinski definition) is 5. The fourth-order valence-electron chi connectivity index (χ4n) is 2.67. The maximum atomic E-state index is 12.6. The van der Waals surface area contributed by atoms with E-state index in [1.54, 1.807) is 29.9 Å². The summed E-state index contributed by atoms with van der Waals surface area (Å²) in [4.78, 5) is 16.6. The molecule has 1 fully saturated rings. The third-order valence-corrected chi connectivity index (χ3v) is 7.19. The minimum absolute atomic E-state index is 0.273. The van der Waals surface area contributed by atoms with Gasteiger partial charge >= 0.3 is 0 Å². The number of aromatic nitrogens is 2. The summed E-state index contributed by atoms with van der Waals surface area (Å²) >= 11 is 1.17. The van der Waals surface area contributed by atoms with Crippen LogP contribution in [-0.4, -0.2) is 40.8 Å². The average molecular weight is 354 g/mol. The summed E-state index contributed by atoms with van der Waals surface area (Å²) in [5, 5.41) is 4.51. The number of hydrogen-bond donors (Lipinski definition) is 1. The van der Waals surface area contributed by atoms with E-state index in [1.807, 2.05) is 11.6 Å². The minimum atomic E-state index is -3.60. The van der Waals surface area contributed by atoms with Crippen molar-refractivity contribution in [3.8, 4) is 0 Å². The Morgan fingerprint density at radius 1 is 1.52 bits per heavy atom. The SMILES string of the molecule is Cn1ccnc1CNC(=O)C1CCCN1S(=O)(=O)c1cccs1. The number of nitrogens with one attached hydrogen (secondary N) is 1. The molecule has 0 saturated carbocycles. The van der Waals surface area contributed by atoms with Crippen LogP contribution in [0.5, 0.6) is 0 Å². The minimum Gasteiger partial charge on any atom is -0.347 e. The van der Waals surface area contributed by atoms with Crippen LogP contribution in [-0.2, 0) is 28.4 Å². The van der Waals surface area contributed by atoms with Crippen LogP contribution in [0.3, 0.4) is 0 Å². The summed E-state index contributed by atoms with van der Waals surface area (Å²) in [6.07, 6.45) is 4.68. The molecule has 9 heteroatoms. The Kier molecular flexibility index (Phi) is 4.51. The van der Waals surface area contributed by atoms with E-state index in [1.165, 1.54) is 15.6 Å². The van der Waals surface area contributed by atoms with Gasteiger partial charge in [-0.1, -0.05) is 6.07 Å². The van der Waals surface area contributed by atoms with E-state index >= 15 is 0 Å². The van der Waals surface area contributed by atoms with E-state index in [9.17, 15) is 13.2 Å². The van der Waals surface area contributed by atoms with Gasteiger partial charge in [-0.3, -0.25) is 4.79 Å². The number of sulfonamides is 1. The van der Waals surface area contributed by atoms with Gasteiger partial charge in [-0.15, -0.1) is 11.3 Å². The predicted molar refractivity (Wildman–Crippen MR) is 86.3 cm³/mol. The van der Waals surface area contributed by atoms with Gasteiger partial charge in [0.05, 0.1) is 6.54 Å². The van der Waals surface area contributed by atoms with Gasteiger partial charge in [-0.2, -0.15) is 4.31 Å². The van der Waals surface area contributed by atoms with E-state index in [2.05, 4.69) is 10.3 Å². The third-order valence-electron chi connectivity index (χ3n) is 3.91. The average Bonchev–Trinajstić information content (AvgIpc) is 3.26. The lowest BCUT2D eigenvalue weighted by Gasteiger charge is -2.22. The van der Waals surface area contributed by atoms with Crippen molar-refractivity contribution >= 4 is 27.3 Å². The number of rotatable bonds is 5. The molecule has 1 amide bonds. The number of thiophene rings is 1. The summed E-state index contributed by atoms with van der Waals surface area (Å²) < 4.78 is 28.7. The summed E-state index contributed by atoms with van der Waals surface area (Å²) in [7, 11) is -1.75. The van der Waals surface area contributed by atoms with Crippen molar-refractivity contribution in [3.63, 3.8) is 0 Å². The van der Waals surface area contributed by atoms with Crippen LogP contribution >= 0.6 is 11.3 Å². The van der Waals surface area contributed by atoms with Gasteiger partial charge in [0, 0.05) is 26.0 Å². The fourth-order valence-corrected chi connectivity index (χ4v) is 5.44. The van der Waals surface area contributed by atoms with Crippen molar-refractivity contribution in [3.05, 3.63) is 35.7 Å². The molecule has 7 nitrogen and oxygen atoms in total. The Morgan fingerprint density at radius 2 is 2.35 bits per heavy atom. The monoisotopic (exact) mass is 354 g/mol. The molecule has 1 atom stereocenters. The molecule has 1 N–H and O–H groups in total. The van der Waals surface area contributed by atoms with Crippen LogP contribution in [0.2, 0.25) is 0 Å². The normalized spacial score (nSPS) is 19.1. The first kappa shape index (κ1) is 16.2. The zero-order valence-corrected chi connectivity index (χ0v) is 14.3. The highest BCUT2D eigenvalue weighted by molar-refractivity contribution is 7.91. The van der Waals surface area contributed by atoms with E-state index in [4.69, 9.17) is 0 Å². The number of nitrogens with zero attached hydrogens (tertiary/aromatic N) is 3. The Labute approximate surface area is 139 Å². The molecule has 0 radical (unpaired) electrons. The van der Waals surface area contributed by atoms with Gasteiger partial charge in [0.2, 0.25) is 5.91 Å². The second-order valence-corrected chi connectivity index (χ2v) is 8.44. The van der Waals surface area contributed by atoms with Crippen LogP contribution in [0.1, 0.15) is 18.7 Å². The number of amides is 1. The maximum absolute atomic E-state index is 12.6.